The van der Waals surface area contributed by atoms with E-state index in [0.717, 1.165) is 19.4 Å². The van der Waals surface area contributed by atoms with E-state index in [-0.39, 0.29) is 30.0 Å². The highest BCUT2D eigenvalue weighted by atomic mass is 32.2. The molecule has 0 aromatic rings. The van der Waals surface area contributed by atoms with E-state index < -0.39 is 9.84 Å². The minimum atomic E-state index is -2.97. The third-order valence-corrected chi connectivity index (χ3v) is 4.23. The van der Waals surface area contributed by atoms with Gasteiger partial charge >= 0.3 is 0 Å². The third-order valence-electron chi connectivity index (χ3n) is 2.53. The zero-order chi connectivity index (χ0) is 11.3. The van der Waals surface area contributed by atoms with Crippen molar-refractivity contribution in [2.24, 2.45) is 0 Å². The first kappa shape index (κ1) is 12.4. The Bertz CT molecular complexity index is 307. The van der Waals surface area contributed by atoms with Crippen molar-refractivity contribution in [3.63, 3.8) is 0 Å². The van der Waals surface area contributed by atoms with E-state index in [4.69, 9.17) is 0 Å². The van der Waals surface area contributed by atoms with Crippen molar-refractivity contribution in [3.05, 3.63) is 0 Å². The van der Waals surface area contributed by atoms with Crippen molar-refractivity contribution < 1.29 is 13.2 Å². The maximum absolute atomic E-state index is 11.5. The van der Waals surface area contributed by atoms with Crippen LogP contribution in [0, 0.1) is 0 Å². The van der Waals surface area contributed by atoms with Gasteiger partial charge in [-0.05, 0) is 19.4 Å². The van der Waals surface area contributed by atoms with Crippen LogP contribution < -0.4 is 10.6 Å². The largest absolute Gasteiger partial charge is 0.354 e. The van der Waals surface area contributed by atoms with Crippen LogP contribution in [0.2, 0.25) is 0 Å². The lowest BCUT2D eigenvalue weighted by Gasteiger charge is -2.10. The summed E-state index contributed by atoms with van der Waals surface area (Å²) in [5.74, 6) is 0.0748. The molecule has 1 heterocycles. The van der Waals surface area contributed by atoms with E-state index >= 15 is 0 Å². The topological polar surface area (TPSA) is 75.3 Å². The first-order valence-corrected chi connectivity index (χ1v) is 7.09. The second-order valence-electron chi connectivity index (χ2n) is 3.68. The molecule has 0 aromatic heterocycles. The fourth-order valence-electron chi connectivity index (χ4n) is 1.51. The molecule has 0 spiro atoms. The molecule has 5 nitrogen and oxygen atoms in total. The number of carbonyl (C=O) groups is 1. The Morgan fingerprint density at radius 1 is 1.53 bits per heavy atom. The maximum Gasteiger partial charge on any atom is 0.237 e. The molecule has 1 amide bonds. The Labute approximate surface area is 90.5 Å². The SMILES string of the molecule is CCS(=O)(=O)CCNC(=O)[C@@H]1CCCN1. The fourth-order valence-corrected chi connectivity index (χ4v) is 2.21. The minimum absolute atomic E-state index is 0.0297. The van der Waals surface area contributed by atoms with Crippen LogP contribution in [-0.2, 0) is 14.6 Å². The Balaban J connectivity index is 2.22. The second kappa shape index (κ2) is 5.46. The summed E-state index contributed by atoms with van der Waals surface area (Å²) >= 11 is 0. The average molecular weight is 234 g/mol. The standard InChI is InChI=1S/C9H18N2O3S/c1-2-15(13,14)7-6-11-9(12)8-4-3-5-10-8/h8,10H,2-7H2,1H3,(H,11,12)/t8-/m0/s1. The van der Waals surface area contributed by atoms with Crippen molar-refractivity contribution in [1.29, 1.82) is 0 Å². The van der Waals surface area contributed by atoms with Crippen LogP contribution in [0.1, 0.15) is 19.8 Å². The smallest absolute Gasteiger partial charge is 0.237 e. The molecule has 1 aliphatic heterocycles. The van der Waals surface area contributed by atoms with Gasteiger partial charge in [0.25, 0.3) is 0 Å². The molecule has 1 rings (SSSR count). The van der Waals surface area contributed by atoms with Gasteiger partial charge in [-0.1, -0.05) is 6.92 Å². The van der Waals surface area contributed by atoms with Crippen LogP contribution in [-0.4, -0.2) is 45.0 Å². The van der Waals surface area contributed by atoms with Crippen LogP contribution >= 0.6 is 0 Å². The lowest BCUT2D eigenvalue weighted by Crippen LogP contribution is -2.42. The van der Waals surface area contributed by atoms with Crippen LogP contribution in [0.5, 0.6) is 0 Å². The molecular formula is C9H18N2O3S. The molecule has 0 bridgehead atoms. The van der Waals surface area contributed by atoms with E-state index in [2.05, 4.69) is 10.6 Å². The Morgan fingerprint density at radius 2 is 2.27 bits per heavy atom. The minimum Gasteiger partial charge on any atom is -0.354 e. The van der Waals surface area contributed by atoms with Crippen molar-refractivity contribution in [2.75, 3.05) is 24.6 Å². The monoisotopic (exact) mass is 234 g/mol. The van der Waals surface area contributed by atoms with Crippen molar-refractivity contribution in [3.8, 4) is 0 Å². The van der Waals surface area contributed by atoms with Gasteiger partial charge in [0, 0.05) is 12.3 Å². The molecule has 0 unspecified atom stereocenters. The molecule has 1 aliphatic rings. The summed E-state index contributed by atoms with van der Waals surface area (Å²) in [6.45, 7) is 2.69. The van der Waals surface area contributed by atoms with Crippen molar-refractivity contribution in [2.45, 2.75) is 25.8 Å². The van der Waals surface area contributed by atoms with E-state index in [9.17, 15) is 13.2 Å². The van der Waals surface area contributed by atoms with Crippen molar-refractivity contribution in [1.82, 2.24) is 10.6 Å². The normalized spacial score (nSPS) is 21.5. The van der Waals surface area contributed by atoms with E-state index in [1.54, 1.807) is 6.92 Å². The summed E-state index contributed by atoms with van der Waals surface area (Å²) in [5, 5.41) is 5.69. The number of nitrogens with one attached hydrogen (secondary N) is 2. The van der Waals surface area contributed by atoms with Crippen LogP contribution in [0.3, 0.4) is 0 Å². The number of rotatable bonds is 5. The Kier molecular flexibility index (Phi) is 4.53. The quantitative estimate of drug-likeness (QED) is 0.659. The number of carbonyl (C=O) groups excluding carboxylic acids is 1. The van der Waals surface area contributed by atoms with Gasteiger partial charge in [-0.2, -0.15) is 0 Å². The third kappa shape index (κ3) is 4.17. The second-order valence-corrected chi connectivity index (χ2v) is 6.15. The molecule has 1 fully saturated rings. The van der Waals surface area contributed by atoms with Gasteiger partial charge in [-0.15, -0.1) is 0 Å². The molecule has 6 heteroatoms. The predicted molar refractivity (Wildman–Crippen MR) is 58.4 cm³/mol. The number of hydrogen-bond donors (Lipinski definition) is 2. The average Bonchev–Trinajstić information content (AvgIpc) is 2.70. The summed E-state index contributed by atoms with van der Waals surface area (Å²) in [6.07, 6.45) is 1.84. The fraction of sp³-hybridized carbons (Fsp3) is 0.889. The van der Waals surface area contributed by atoms with Gasteiger partial charge in [0.15, 0.2) is 9.84 Å². The molecule has 2 N–H and O–H groups in total. The van der Waals surface area contributed by atoms with E-state index in [1.807, 2.05) is 0 Å². The molecule has 0 aliphatic carbocycles. The molecule has 0 radical (unpaired) electrons. The highest BCUT2D eigenvalue weighted by Gasteiger charge is 2.21. The summed E-state index contributed by atoms with van der Waals surface area (Å²) in [6, 6.07) is -0.130. The number of hydrogen-bond acceptors (Lipinski definition) is 4. The predicted octanol–water partition coefficient (Wildman–Crippen LogP) is -0.711. The highest BCUT2D eigenvalue weighted by molar-refractivity contribution is 7.91. The number of amides is 1. The van der Waals surface area contributed by atoms with E-state index in [0.29, 0.717) is 0 Å². The molecule has 15 heavy (non-hydrogen) atoms. The highest BCUT2D eigenvalue weighted by Crippen LogP contribution is 2.04. The first-order valence-electron chi connectivity index (χ1n) is 5.26. The first-order chi connectivity index (χ1) is 7.05. The molecular weight excluding hydrogens is 216 g/mol. The Morgan fingerprint density at radius 3 is 2.80 bits per heavy atom. The van der Waals surface area contributed by atoms with Gasteiger partial charge in [0.05, 0.1) is 11.8 Å². The number of sulfone groups is 1. The van der Waals surface area contributed by atoms with E-state index in [1.165, 1.54) is 0 Å². The van der Waals surface area contributed by atoms with Gasteiger partial charge in [-0.3, -0.25) is 4.79 Å². The lowest BCUT2D eigenvalue weighted by molar-refractivity contribution is -0.122. The van der Waals surface area contributed by atoms with Crippen LogP contribution in [0.15, 0.2) is 0 Å². The zero-order valence-electron chi connectivity index (χ0n) is 8.95. The summed E-state index contributed by atoms with van der Waals surface area (Å²) < 4.78 is 22.3. The Hall–Kier alpha value is -0.620. The van der Waals surface area contributed by atoms with Gasteiger partial charge in [0.1, 0.15) is 0 Å². The van der Waals surface area contributed by atoms with Gasteiger partial charge < -0.3 is 10.6 Å². The summed E-state index contributed by atoms with van der Waals surface area (Å²) in [7, 11) is -2.97. The molecule has 1 atom stereocenters. The van der Waals surface area contributed by atoms with Crippen molar-refractivity contribution >= 4 is 15.7 Å². The lowest BCUT2D eigenvalue weighted by atomic mass is 10.2. The molecule has 88 valence electrons. The molecule has 0 aromatic carbocycles. The summed E-state index contributed by atoms with van der Waals surface area (Å²) in [5.41, 5.74) is 0. The molecule has 0 saturated carbocycles. The molecule has 1 saturated heterocycles. The van der Waals surface area contributed by atoms with Crippen LogP contribution in [0.25, 0.3) is 0 Å². The van der Waals surface area contributed by atoms with Gasteiger partial charge in [-0.25, -0.2) is 8.42 Å². The maximum atomic E-state index is 11.5. The zero-order valence-corrected chi connectivity index (χ0v) is 9.77. The van der Waals surface area contributed by atoms with Gasteiger partial charge in [0.2, 0.25) is 5.91 Å². The van der Waals surface area contributed by atoms with Crippen LogP contribution in [0.4, 0.5) is 0 Å². The summed E-state index contributed by atoms with van der Waals surface area (Å²) in [4.78, 5) is 11.5.